The van der Waals surface area contributed by atoms with Crippen LogP contribution in [0.15, 0.2) is 35.5 Å². The molecule has 3 N–H and O–H groups in total. The molecular weight excluding hydrogens is 262 g/mol. The van der Waals surface area contributed by atoms with Gasteiger partial charge in [-0.3, -0.25) is 4.90 Å². The predicted molar refractivity (Wildman–Crippen MR) is 86.7 cm³/mol. The van der Waals surface area contributed by atoms with E-state index in [2.05, 4.69) is 29.1 Å². The Balaban J connectivity index is 2.14. The summed E-state index contributed by atoms with van der Waals surface area (Å²) in [6.07, 6.45) is 6.28. The van der Waals surface area contributed by atoms with Gasteiger partial charge in [-0.25, -0.2) is 0 Å². The zero-order chi connectivity index (χ0) is 15.1. The average molecular weight is 289 g/mol. The number of hydrogen-bond donors (Lipinski definition) is 2. The largest absolute Gasteiger partial charge is 0.409 e. The quantitative estimate of drug-likeness (QED) is 0.366. The maximum Gasteiger partial charge on any atom is 0.147 e. The Labute approximate surface area is 127 Å². The van der Waals surface area contributed by atoms with Gasteiger partial charge in [-0.15, -0.1) is 0 Å². The van der Waals surface area contributed by atoms with Gasteiger partial charge >= 0.3 is 0 Å². The summed E-state index contributed by atoms with van der Waals surface area (Å²) in [5.74, 6) is 0.274. The van der Waals surface area contributed by atoms with Crippen LogP contribution >= 0.6 is 0 Å². The number of rotatable bonds is 6. The van der Waals surface area contributed by atoms with Crippen molar-refractivity contribution in [1.29, 1.82) is 0 Å². The van der Waals surface area contributed by atoms with Crippen LogP contribution in [0.1, 0.15) is 50.5 Å². The molecule has 0 amide bonds. The SMILES string of the molecule is CCCC1CCCCN1CC(/C(N)=N/O)c1ccccc1. The standard InChI is InChI=1S/C17H27N3O/c1-2-8-15-11-6-7-12-20(15)13-16(17(18)19-21)14-9-4-3-5-10-14/h3-5,9-10,15-16,21H,2,6-8,11-13H2,1H3,(H2,18,19). The van der Waals surface area contributed by atoms with Gasteiger partial charge in [0.1, 0.15) is 5.84 Å². The zero-order valence-corrected chi connectivity index (χ0v) is 12.9. The Morgan fingerprint density at radius 1 is 1.38 bits per heavy atom. The summed E-state index contributed by atoms with van der Waals surface area (Å²) in [5.41, 5.74) is 7.08. The van der Waals surface area contributed by atoms with Crippen LogP contribution in [0.2, 0.25) is 0 Å². The molecule has 1 aromatic carbocycles. The third-order valence-corrected chi connectivity index (χ3v) is 4.46. The molecule has 1 saturated heterocycles. The Hall–Kier alpha value is -1.55. The molecule has 1 heterocycles. The second-order valence-corrected chi connectivity index (χ2v) is 5.92. The normalized spacial score (nSPS) is 22.1. The van der Waals surface area contributed by atoms with Gasteiger partial charge < -0.3 is 10.9 Å². The van der Waals surface area contributed by atoms with E-state index in [1.165, 1.54) is 32.1 Å². The summed E-state index contributed by atoms with van der Waals surface area (Å²) < 4.78 is 0. The minimum absolute atomic E-state index is 0.0337. The van der Waals surface area contributed by atoms with E-state index >= 15 is 0 Å². The monoisotopic (exact) mass is 289 g/mol. The number of nitrogens with two attached hydrogens (primary N) is 1. The lowest BCUT2D eigenvalue weighted by molar-refractivity contribution is 0.137. The summed E-state index contributed by atoms with van der Waals surface area (Å²) in [7, 11) is 0. The average Bonchev–Trinajstić information content (AvgIpc) is 2.54. The van der Waals surface area contributed by atoms with Crippen molar-refractivity contribution in [3.63, 3.8) is 0 Å². The van der Waals surface area contributed by atoms with Crippen molar-refractivity contribution in [2.75, 3.05) is 13.1 Å². The van der Waals surface area contributed by atoms with Crippen LogP contribution in [-0.2, 0) is 0 Å². The first kappa shape index (κ1) is 15.8. The van der Waals surface area contributed by atoms with Gasteiger partial charge in [0, 0.05) is 12.6 Å². The molecule has 1 fully saturated rings. The van der Waals surface area contributed by atoms with Crippen LogP contribution in [0.25, 0.3) is 0 Å². The van der Waals surface area contributed by atoms with Crippen LogP contribution in [0.5, 0.6) is 0 Å². The topological polar surface area (TPSA) is 61.8 Å². The Morgan fingerprint density at radius 2 is 2.14 bits per heavy atom. The molecule has 2 atom stereocenters. The highest BCUT2D eigenvalue weighted by molar-refractivity contribution is 5.87. The van der Waals surface area contributed by atoms with E-state index in [9.17, 15) is 0 Å². The molecule has 0 saturated carbocycles. The lowest BCUT2D eigenvalue weighted by atomic mass is 9.93. The van der Waals surface area contributed by atoms with Crippen LogP contribution in [-0.4, -0.2) is 35.1 Å². The van der Waals surface area contributed by atoms with Crippen LogP contribution < -0.4 is 5.73 Å². The predicted octanol–water partition coefficient (Wildman–Crippen LogP) is 3.17. The molecule has 2 rings (SSSR count). The minimum atomic E-state index is -0.0337. The van der Waals surface area contributed by atoms with Crippen LogP contribution in [0.4, 0.5) is 0 Å². The van der Waals surface area contributed by atoms with Gasteiger partial charge in [0.15, 0.2) is 0 Å². The van der Waals surface area contributed by atoms with Crippen molar-refractivity contribution in [1.82, 2.24) is 4.90 Å². The van der Waals surface area contributed by atoms with Crippen LogP contribution in [0, 0.1) is 0 Å². The van der Waals surface area contributed by atoms with Gasteiger partial charge in [-0.05, 0) is 31.4 Å². The van der Waals surface area contributed by atoms with Crippen molar-refractivity contribution >= 4 is 5.84 Å². The maximum absolute atomic E-state index is 9.11. The molecular formula is C17H27N3O. The van der Waals surface area contributed by atoms with E-state index < -0.39 is 0 Å². The van der Waals surface area contributed by atoms with Gasteiger partial charge in [0.05, 0.1) is 5.92 Å². The number of benzene rings is 1. The molecule has 0 spiro atoms. The van der Waals surface area contributed by atoms with Crippen molar-refractivity contribution in [2.24, 2.45) is 10.9 Å². The molecule has 2 unspecified atom stereocenters. The van der Waals surface area contributed by atoms with E-state index in [4.69, 9.17) is 10.9 Å². The first-order chi connectivity index (χ1) is 10.3. The van der Waals surface area contributed by atoms with Crippen LogP contribution in [0.3, 0.4) is 0 Å². The molecule has 21 heavy (non-hydrogen) atoms. The maximum atomic E-state index is 9.11. The van der Waals surface area contributed by atoms with E-state index in [0.29, 0.717) is 11.9 Å². The molecule has 1 aliphatic heterocycles. The molecule has 116 valence electrons. The summed E-state index contributed by atoms with van der Waals surface area (Å²) in [5, 5.41) is 12.4. The highest BCUT2D eigenvalue weighted by Crippen LogP contribution is 2.25. The van der Waals surface area contributed by atoms with Crippen molar-refractivity contribution in [3.05, 3.63) is 35.9 Å². The first-order valence-corrected chi connectivity index (χ1v) is 8.02. The lowest BCUT2D eigenvalue weighted by Gasteiger charge is -2.37. The number of piperidine rings is 1. The molecule has 0 radical (unpaired) electrons. The molecule has 4 heteroatoms. The Kier molecular flexibility index (Phi) is 6.05. The highest BCUT2D eigenvalue weighted by atomic mass is 16.4. The number of hydrogen-bond acceptors (Lipinski definition) is 3. The molecule has 1 aromatic rings. The fourth-order valence-electron chi connectivity index (χ4n) is 3.32. The van der Waals surface area contributed by atoms with Crippen molar-refractivity contribution in [2.45, 2.75) is 51.0 Å². The molecule has 1 aliphatic rings. The van der Waals surface area contributed by atoms with E-state index in [1.807, 2.05) is 18.2 Å². The summed E-state index contributed by atoms with van der Waals surface area (Å²) in [6.45, 7) is 4.20. The van der Waals surface area contributed by atoms with E-state index in [0.717, 1.165) is 18.7 Å². The molecule has 4 nitrogen and oxygen atoms in total. The summed E-state index contributed by atoms with van der Waals surface area (Å²) in [6, 6.07) is 10.8. The second-order valence-electron chi connectivity index (χ2n) is 5.92. The number of likely N-dealkylation sites (tertiary alicyclic amines) is 1. The Morgan fingerprint density at radius 3 is 2.81 bits per heavy atom. The van der Waals surface area contributed by atoms with Crippen molar-refractivity contribution < 1.29 is 5.21 Å². The molecule has 0 aliphatic carbocycles. The fourth-order valence-corrected chi connectivity index (χ4v) is 3.32. The summed E-state index contributed by atoms with van der Waals surface area (Å²) >= 11 is 0. The highest BCUT2D eigenvalue weighted by Gasteiger charge is 2.26. The summed E-state index contributed by atoms with van der Waals surface area (Å²) in [4.78, 5) is 2.53. The third-order valence-electron chi connectivity index (χ3n) is 4.46. The first-order valence-electron chi connectivity index (χ1n) is 8.02. The van der Waals surface area contributed by atoms with Crippen molar-refractivity contribution in [3.8, 4) is 0 Å². The van der Waals surface area contributed by atoms with Gasteiger partial charge in [0.2, 0.25) is 0 Å². The van der Waals surface area contributed by atoms with E-state index in [1.54, 1.807) is 0 Å². The lowest BCUT2D eigenvalue weighted by Crippen LogP contribution is -2.44. The Bertz CT molecular complexity index is 445. The van der Waals surface area contributed by atoms with Gasteiger partial charge in [-0.2, -0.15) is 0 Å². The second kappa shape index (κ2) is 8.03. The van der Waals surface area contributed by atoms with E-state index in [-0.39, 0.29) is 5.92 Å². The third kappa shape index (κ3) is 4.21. The molecule has 0 aromatic heterocycles. The minimum Gasteiger partial charge on any atom is -0.409 e. The van der Waals surface area contributed by atoms with Gasteiger partial charge in [-0.1, -0.05) is 55.3 Å². The fraction of sp³-hybridized carbons (Fsp3) is 0.588. The number of amidine groups is 1. The number of oxime groups is 1. The smallest absolute Gasteiger partial charge is 0.147 e. The molecule has 0 bridgehead atoms. The zero-order valence-electron chi connectivity index (χ0n) is 12.9. The number of nitrogens with zero attached hydrogens (tertiary/aromatic N) is 2. The van der Waals surface area contributed by atoms with Gasteiger partial charge in [0.25, 0.3) is 0 Å².